The predicted molar refractivity (Wildman–Crippen MR) is 44.7 cm³/mol. The Morgan fingerprint density at radius 2 is 1.33 bits per heavy atom. The molecule has 0 radical (unpaired) electrons. The van der Waals surface area contributed by atoms with Crippen LogP contribution in [0.1, 0.15) is 20.7 Å². The summed E-state index contributed by atoms with van der Waals surface area (Å²) in [6.45, 7) is 0. The van der Waals surface area contributed by atoms with Crippen LogP contribution >= 0.6 is 0 Å². The van der Waals surface area contributed by atoms with Crippen molar-refractivity contribution in [2.45, 2.75) is 0 Å². The minimum atomic E-state index is -0.550. The van der Waals surface area contributed by atoms with Crippen LogP contribution < -0.4 is 0 Å². The molecule has 1 aromatic rings. The maximum Gasteiger partial charge on any atom is 0.346 e. The van der Waals surface area contributed by atoms with Crippen LogP contribution in [0.5, 0.6) is 0 Å². The summed E-state index contributed by atoms with van der Waals surface area (Å²) in [6.07, 6.45) is 0. The van der Waals surface area contributed by atoms with E-state index in [9.17, 15) is 9.59 Å². The van der Waals surface area contributed by atoms with E-state index in [0.717, 1.165) is 0 Å². The van der Waals surface area contributed by atoms with E-state index in [0.29, 0.717) is 11.1 Å². The van der Waals surface area contributed by atoms with Gasteiger partial charge in [-0.05, 0) is 12.1 Å². The molecule has 1 aromatic carbocycles. The Labute approximate surface area is 84.9 Å². The van der Waals surface area contributed by atoms with Crippen molar-refractivity contribution in [1.82, 2.24) is 0 Å². The summed E-state index contributed by atoms with van der Waals surface area (Å²) in [7, 11) is 0. The summed E-state index contributed by atoms with van der Waals surface area (Å²) in [5, 5.41) is 0. The van der Waals surface area contributed by atoms with Crippen molar-refractivity contribution in [3.8, 4) is 0 Å². The molecule has 58 valence electrons. The molecule has 1 aliphatic heterocycles. The zero-order chi connectivity index (χ0) is 7.84. The Morgan fingerprint density at radius 1 is 0.917 bits per heavy atom. The maximum absolute atomic E-state index is 10.8. The second-order valence-corrected chi connectivity index (χ2v) is 2.22. The van der Waals surface area contributed by atoms with Gasteiger partial charge in [0.1, 0.15) is 0 Å². The SMILES string of the molecule is O=C1OC(=O)c2ccccc21.[MgH2]. The number of ether oxygens (including phenoxy) is 1. The highest BCUT2D eigenvalue weighted by Gasteiger charge is 2.28. The fraction of sp³-hybridized carbons (Fsp3) is 0. The average molecular weight is 174 g/mol. The smallest absolute Gasteiger partial charge is 0.346 e. The molecule has 1 aliphatic rings. The quantitative estimate of drug-likeness (QED) is 0.318. The lowest BCUT2D eigenvalue weighted by atomic mass is 10.1. The van der Waals surface area contributed by atoms with E-state index in [4.69, 9.17) is 0 Å². The van der Waals surface area contributed by atoms with Crippen LogP contribution in [-0.4, -0.2) is 35.0 Å². The maximum atomic E-state index is 10.8. The lowest BCUT2D eigenvalue weighted by molar-refractivity contribution is 0.0444. The molecule has 0 spiro atoms. The summed E-state index contributed by atoms with van der Waals surface area (Å²) in [6, 6.07) is 6.53. The monoisotopic (exact) mass is 174 g/mol. The Hall–Kier alpha value is -0.874. The molecule has 0 atom stereocenters. The number of carbonyl (C=O) groups excluding carboxylic acids is 2. The van der Waals surface area contributed by atoms with E-state index in [2.05, 4.69) is 4.74 Å². The number of fused-ring (bicyclic) bond motifs is 1. The Morgan fingerprint density at radius 3 is 1.75 bits per heavy atom. The lowest BCUT2D eigenvalue weighted by Gasteiger charge is -1.86. The molecule has 0 N–H and O–H groups in total. The standard InChI is InChI=1S/C8H4O3.Mg.2H/c9-7-5-3-1-2-4-6(5)8(10)11-7;;;/h1-4H;;;. The molecule has 12 heavy (non-hydrogen) atoms. The van der Waals surface area contributed by atoms with Gasteiger partial charge in [0.2, 0.25) is 0 Å². The lowest BCUT2D eigenvalue weighted by Crippen LogP contribution is -1.96. The Kier molecular flexibility index (Phi) is 2.49. The van der Waals surface area contributed by atoms with Crippen LogP contribution in [0, 0.1) is 0 Å². The minimum absolute atomic E-state index is 0. The number of benzene rings is 1. The van der Waals surface area contributed by atoms with Gasteiger partial charge in [-0.2, -0.15) is 0 Å². The van der Waals surface area contributed by atoms with Gasteiger partial charge in [-0.25, -0.2) is 9.59 Å². The summed E-state index contributed by atoms with van der Waals surface area (Å²) in [4.78, 5) is 21.7. The number of rotatable bonds is 0. The van der Waals surface area contributed by atoms with E-state index in [-0.39, 0.29) is 23.1 Å². The van der Waals surface area contributed by atoms with Gasteiger partial charge in [0.15, 0.2) is 0 Å². The van der Waals surface area contributed by atoms with Gasteiger partial charge in [-0.3, -0.25) is 0 Å². The number of carbonyl (C=O) groups is 2. The molecule has 0 aliphatic carbocycles. The normalized spacial score (nSPS) is 13.3. The van der Waals surface area contributed by atoms with E-state index >= 15 is 0 Å². The molecule has 3 nitrogen and oxygen atoms in total. The Bertz CT molecular complexity index is 313. The number of hydrogen-bond donors (Lipinski definition) is 0. The van der Waals surface area contributed by atoms with Crippen LogP contribution in [0.3, 0.4) is 0 Å². The van der Waals surface area contributed by atoms with Crippen molar-refractivity contribution in [3.05, 3.63) is 35.4 Å². The molecule has 0 aromatic heterocycles. The first kappa shape index (κ1) is 9.22. The second-order valence-electron chi connectivity index (χ2n) is 2.22. The van der Waals surface area contributed by atoms with Crippen molar-refractivity contribution in [2.24, 2.45) is 0 Å². The third kappa shape index (κ3) is 1.23. The van der Waals surface area contributed by atoms with Crippen LogP contribution in [0.2, 0.25) is 0 Å². The molecule has 0 bridgehead atoms. The number of hydrogen-bond acceptors (Lipinski definition) is 3. The predicted octanol–water partition coefficient (Wildman–Crippen LogP) is 0.0810. The highest BCUT2D eigenvalue weighted by atomic mass is 24.3. The fourth-order valence-electron chi connectivity index (χ4n) is 1.03. The van der Waals surface area contributed by atoms with Gasteiger partial charge in [0.25, 0.3) is 0 Å². The highest BCUT2D eigenvalue weighted by Crippen LogP contribution is 2.18. The zero-order valence-electron chi connectivity index (χ0n) is 5.53. The molecule has 0 saturated carbocycles. The first-order chi connectivity index (χ1) is 5.29. The van der Waals surface area contributed by atoms with Gasteiger partial charge in [0, 0.05) is 0 Å². The van der Waals surface area contributed by atoms with Crippen LogP contribution in [-0.2, 0) is 4.74 Å². The van der Waals surface area contributed by atoms with E-state index in [1.807, 2.05) is 0 Å². The molecule has 1 heterocycles. The highest BCUT2D eigenvalue weighted by molar-refractivity contribution is 6.14. The minimum Gasteiger partial charge on any atom is -0.386 e. The number of cyclic esters (lactones) is 2. The van der Waals surface area contributed by atoms with Crippen LogP contribution in [0.15, 0.2) is 24.3 Å². The van der Waals surface area contributed by atoms with Gasteiger partial charge in [-0.15, -0.1) is 0 Å². The first-order valence-corrected chi connectivity index (χ1v) is 3.14. The van der Waals surface area contributed by atoms with E-state index in [1.54, 1.807) is 24.3 Å². The van der Waals surface area contributed by atoms with Crippen LogP contribution in [0.25, 0.3) is 0 Å². The molecule has 0 fully saturated rings. The summed E-state index contributed by atoms with van der Waals surface area (Å²) >= 11 is 0. The van der Waals surface area contributed by atoms with Crippen molar-refractivity contribution in [1.29, 1.82) is 0 Å². The van der Waals surface area contributed by atoms with Gasteiger partial charge >= 0.3 is 35.0 Å². The van der Waals surface area contributed by atoms with E-state index < -0.39 is 11.9 Å². The van der Waals surface area contributed by atoms with Crippen molar-refractivity contribution >= 4 is 35.0 Å². The molecule has 0 amide bonds. The topological polar surface area (TPSA) is 43.4 Å². The molecular weight excluding hydrogens is 168 g/mol. The third-order valence-electron chi connectivity index (χ3n) is 1.55. The largest absolute Gasteiger partial charge is 0.386 e. The van der Waals surface area contributed by atoms with Crippen molar-refractivity contribution in [3.63, 3.8) is 0 Å². The Balaban J connectivity index is 0.000000720. The average Bonchev–Trinajstić information content (AvgIpc) is 2.30. The molecule has 0 unspecified atom stereocenters. The molecule has 0 saturated heterocycles. The van der Waals surface area contributed by atoms with Crippen molar-refractivity contribution in [2.75, 3.05) is 0 Å². The van der Waals surface area contributed by atoms with Gasteiger partial charge < -0.3 is 4.74 Å². The fourth-order valence-corrected chi connectivity index (χ4v) is 1.03. The molecular formula is C8H6MgO3. The summed E-state index contributed by atoms with van der Waals surface area (Å²) in [5.74, 6) is -1.10. The third-order valence-corrected chi connectivity index (χ3v) is 1.55. The van der Waals surface area contributed by atoms with Gasteiger partial charge in [-0.1, -0.05) is 12.1 Å². The number of esters is 2. The van der Waals surface area contributed by atoms with E-state index in [1.165, 1.54) is 0 Å². The second kappa shape index (κ2) is 3.24. The zero-order valence-corrected chi connectivity index (χ0v) is 5.53. The van der Waals surface area contributed by atoms with Crippen molar-refractivity contribution < 1.29 is 14.3 Å². The molecule has 4 heteroatoms. The summed E-state index contributed by atoms with van der Waals surface area (Å²) < 4.78 is 4.35. The summed E-state index contributed by atoms with van der Waals surface area (Å²) in [5.41, 5.74) is 0.718. The first-order valence-electron chi connectivity index (χ1n) is 3.14. The van der Waals surface area contributed by atoms with Gasteiger partial charge in [0.05, 0.1) is 11.1 Å². The molecule has 2 rings (SSSR count). The van der Waals surface area contributed by atoms with Crippen LogP contribution in [0.4, 0.5) is 0 Å².